The molecule has 1 rings (SSSR count). The largest absolute Gasteiger partial charge is 0.443 e. The van der Waals surface area contributed by atoms with Crippen LogP contribution in [0.5, 0.6) is 0 Å². The van der Waals surface area contributed by atoms with Gasteiger partial charge in [0, 0.05) is 6.20 Å². The molecular formula is C10H15ClN2O3. The minimum atomic E-state index is -0.870. The number of hydrogen-bond acceptors (Lipinski definition) is 4. The monoisotopic (exact) mass is 246 g/mol. The summed E-state index contributed by atoms with van der Waals surface area (Å²) in [4.78, 5) is 15.4. The van der Waals surface area contributed by atoms with Crippen LogP contribution in [-0.4, -0.2) is 32.2 Å². The van der Waals surface area contributed by atoms with Crippen molar-refractivity contribution in [2.75, 3.05) is 5.88 Å². The van der Waals surface area contributed by atoms with Crippen LogP contribution in [0.15, 0.2) is 12.5 Å². The van der Waals surface area contributed by atoms with Crippen LogP contribution in [0.4, 0.5) is 4.79 Å². The molecule has 0 spiro atoms. The van der Waals surface area contributed by atoms with E-state index in [1.807, 2.05) is 0 Å². The van der Waals surface area contributed by atoms with Crippen molar-refractivity contribution in [3.8, 4) is 0 Å². The molecule has 0 saturated carbocycles. The van der Waals surface area contributed by atoms with Crippen LogP contribution in [0.1, 0.15) is 32.6 Å². The SMILES string of the molecule is CC(C)(C)OC(=O)n1cnc(C(O)CCl)c1. The predicted molar refractivity (Wildman–Crippen MR) is 59.5 cm³/mol. The second kappa shape index (κ2) is 4.84. The number of aliphatic hydroxyl groups excluding tert-OH is 1. The van der Waals surface area contributed by atoms with Crippen molar-refractivity contribution < 1.29 is 14.6 Å². The Hall–Kier alpha value is -1.07. The van der Waals surface area contributed by atoms with Gasteiger partial charge in [-0.05, 0) is 20.8 Å². The van der Waals surface area contributed by atoms with Crippen molar-refractivity contribution in [3.63, 3.8) is 0 Å². The Morgan fingerprint density at radius 1 is 1.69 bits per heavy atom. The van der Waals surface area contributed by atoms with E-state index in [0.29, 0.717) is 5.69 Å². The molecule has 0 aromatic carbocycles. The Morgan fingerprint density at radius 2 is 2.31 bits per heavy atom. The third-order valence-corrected chi connectivity index (χ3v) is 1.99. The first-order valence-electron chi connectivity index (χ1n) is 4.85. The van der Waals surface area contributed by atoms with Crippen LogP contribution in [0.2, 0.25) is 0 Å². The van der Waals surface area contributed by atoms with E-state index in [-0.39, 0.29) is 5.88 Å². The van der Waals surface area contributed by atoms with Gasteiger partial charge in [-0.25, -0.2) is 14.3 Å². The Kier molecular flexibility index (Phi) is 3.93. The van der Waals surface area contributed by atoms with E-state index < -0.39 is 17.8 Å². The zero-order valence-corrected chi connectivity index (χ0v) is 10.2. The van der Waals surface area contributed by atoms with Gasteiger partial charge in [0.15, 0.2) is 0 Å². The highest BCUT2D eigenvalue weighted by atomic mass is 35.5. The average Bonchev–Trinajstić information content (AvgIpc) is 2.62. The van der Waals surface area contributed by atoms with Crippen LogP contribution >= 0.6 is 11.6 Å². The van der Waals surface area contributed by atoms with Crippen molar-refractivity contribution in [1.29, 1.82) is 0 Å². The molecule has 0 radical (unpaired) electrons. The van der Waals surface area contributed by atoms with E-state index in [1.165, 1.54) is 17.1 Å². The first-order chi connectivity index (χ1) is 7.33. The van der Waals surface area contributed by atoms with Crippen molar-refractivity contribution >= 4 is 17.7 Å². The maximum absolute atomic E-state index is 11.6. The van der Waals surface area contributed by atoms with Gasteiger partial charge in [0.25, 0.3) is 0 Å². The number of aliphatic hydroxyl groups is 1. The Labute approximate surface area is 99.0 Å². The third-order valence-electron chi connectivity index (χ3n) is 1.69. The minimum absolute atomic E-state index is 0.0331. The predicted octanol–water partition coefficient (Wildman–Crippen LogP) is 1.94. The van der Waals surface area contributed by atoms with Gasteiger partial charge in [0.1, 0.15) is 18.0 Å². The molecule has 90 valence electrons. The maximum atomic E-state index is 11.6. The smallest absolute Gasteiger partial charge is 0.419 e. The number of halogens is 1. The number of rotatable bonds is 2. The van der Waals surface area contributed by atoms with E-state index in [0.717, 1.165) is 0 Å². The normalized spacial score (nSPS) is 13.6. The Morgan fingerprint density at radius 3 is 2.81 bits per heavy atom. The summed E-state index contributed by atoms with van der Waals surface area (Å²) < 4.78 is 6.30. The highest BCUT2D eigenvalue weighted by molar-refractivity contribution is 6.18. The fourth-order valence-electron chi connectivity index (χ4n) is 1.00. The van der Waals surface area contributed by atoms with Gasteiger partial charge >= 0.3 is 6.09 Å². The summed E-state index contributed by atoms with van der Waals surface area (Å²) in [5, 5.41) is 9.40. The van der Waals surface area contributed by atoms with Gasteiger partial charge in [0.05, 0.1) is 11.6 Å². The van der Waals surface area contributed by atoms with Gasteiger partial charge < -0.3 is 9.84 Å². The van der Waals surface area contributed by atoms with E-state index in [4.69, 9.17) is 16.3 Å². The lowest BCUT2D eigenvalue weighted by atomic mass is 10.2. The molecule has 0 bridgehead atoms. The summed E-state index contributed by atoms with van der Waals surface area (Å²) >= 11 is 5.47. The standard InChI is InChI=1S/C10H15ClN2O3/c1-10(2,3)16-9(15)13-5-7(12-6-13)8(14)4-11/h5-6,8,14H,4H2,1-3H3. The summed E-state index contributed by atoms with van der Waals surface area (Å²) in [5.41, 5.74) is -0.215. The molecule has 16 heavy (non-hydrogen) atoms. The number of ether oxygens (including phenoxy) is 1. The number of nitrogens with zero attached hydrogens (tertiary/aromatic N) is 2. The molecule has 0 amide bonds. The van der Waals surface area contributed by atoms with Crippen molar-refractivity contribution in [3.05, 3.63) is 18.2 Å². The van der Waals surface area contributed by atoms with Crippen molar-refractivity contribution in [2.24, 2.45) is 0 Å². The van der Waals surface area contributed by atoms with Gasteiger partial charge in [0.2, 0.25) is 0 Å². The highest BCUT2D eigenvalue weighted by Crippen LogP contribution is 2.13. The Bertz CT molecular complexity index is 370. The number of carbonyl (C=O) groups is 1. The molecule has 6 heteroatoms. The minimum Gasteiger partial charge on any atom is -0.443 e. The fraction of sp³-hybridized carbons (Fsp3) is 0.600. The number of alkyl halides is 1. The number of hydrogen-bond donors (Lipinski definition) is 1. The molecule has 0 aliphatic carbocycles. The van der Waals surface area contributed by atoms with Crippen LogP contribution in [-0.2, 0) is 4.74 Å². The average molecular weight is 247 g/mol. The van der Waals surface area contributed by atoms with Gasteiger partial charge in [-0.15, -0.1) is 11.6 Å². The summed E-state index contributed by atoms with van der Waals surface area (Å²) in [6, 6.07) is 0. The van der Waals surface area contributed by atoms with Gasteiger partial charge in [-0.3, -0.25) is 0 Å². The molecule has 0 fully saturated rings. The highest BCUT2D eigenvalue weighted by Gasteiger charge is 2.19. The van der Waals surface area contributed by atoms with Crippen LogP contribution < -0.4 is 0 Å². The summed E-state index contributed by atoms with van der Waals surface area (Å²) in [5.74, 6) is 0.0331. The molecule has 0 aliphatic rings. The maximum Gasteiger partial charge on any atom is 0.419 e. The van der Waals surface area contributed by atoms with Crippen molar-refractivity contribution in [1.82, 2.24) is 9.55 Å². The molecule has 1 atom stereocenters. The molecule has 1 aromatic rings. The Balaban J connectivity index is 2.75. The molecule has 1 heterocycles. The van der Waals surface area contributed by atoms with Gasteiger partial charge in [-0.2, -0.15) is 0 Å². The molecule has 0 aliphatic heterocycles. The first kappa shape index (κ1) is 13.0. The lowest BCUT2D eigenvalue weighted by Gasteiger charge is -2.19. The number of carbonyl (C=O) groups excluding carboxylic acids is 1. The van der Waals surface area contributed by atoms with E-state index in [1.54, 1.807) is 20.8 Å². The van der Waals surface area contributed by atoms with E-state index in [9.17, 15) is 9.90 Å². The summed E-state index contributed by atoms with van der Waals surface area (Å²) in [6.45, 7) is 5.32. The lowest BCUT2D eigenvalue weighted by Crippen LogP contribution is -2.26. The fourth-order valence-corrected chi connectivity index (χ4v) is 1.16. The lowest BCUT2D eigenvalue weighted by molar-refractivity contribution is 0.0536. The topological polar surface area (TPSA) is 64.4 Å². The van der Waals surface area contributed by atoms with E-state index >= 15 is 0 Å². The molecular weight excluding hydrogens is 232 g/mol. The van der Waals surface area contributed by atoms with E-state index in [2.05, 4.69) is 4.98 Å². The molecule has 1 N–H and O–H groups in total. The molecule has 1 aromatic heterocycles. The summed E-state index contributed by atoms with van der Waals surface area (Å²) in [6.07, 6.45) is 1.29. The number of imidazole rings is 1. The quantitative estimate of drug-likeness (QED) is 0.810. The van der Waals surface area contributed by atoms with Crippen molar-refractivity contribution in [2.45, 2.75) is 32.5 Å². The first-order valence-corrected chi connectivity index (χ1v) is 5.38. The molecule has 5 nitrogen and oxygen atoms in total. The van der Waals surface area contributed by atoms with Crippen LogP contribution in [0.3, 0.4) is 0 Å². The second-order valence-corrected chi connectivity index (χ2v) is 4.66. The molecule has 0 saturated heterocycles. The zero-order chi connectivity index (χ0) is 12.3. The summed E-state index contributed by atoms with van der Waals surface area (Å²) in [7, 11) is 0. The third kappa shape index (κ3) is 3.50. The zero-order valence-electron chi connectivity index (χ0n) is 9.48. The molecule has 1 unspecified atom stereocenters. The van der Waals surface area contributed by atoms with Crippen LogP contribution in [0, 0.1) is 0 Å². The number of aromatic nitrogens is 2. The van der Waals surface area contributed by atoms with Crippen LogP contribution in [0.25, 0.3) is 0 Å². The second-order valence-electron chi connectivity index (χ2n) is 4.36. The van der Waals surface area contributed by atoms with Gasteiger partial charge in [-0.1, -0.05) is 0 Å².